The second-order valence-electron chi connectivity index (χ2n) is 1.16. The molecule has 0 saturated carbocycles. The number of ether oxygens (including phenoxy) is 2. The van der Waals surface area contributed by atoms with Crippen molar-refractivity contribution >= 4 is 0 Å². The smallest absolute Gasteiger partial charge is 1.00 e. The first-order chi connectivity index (χ1) is 4.23. The molecular formula is C3H7Li2NO5. The monoisotopic (exact) mass is 151 g/mol. The Labute approximate surface area is 89.2 Å². The minimum atomic E-state index is -1.75. The molecule has 0 amide bonds. The third-order valence-corrected chi connectivity index (χ3v) is 0.539. The molecule has 0 N–H and O–H groups in total. The molecule has 1 saturated heterocycles. The largest absolute Gasteiger partial charge is 1.00 e. The van der Waals surface area contributed by atoms with E-state index in [2.05, 4.69) is 0 Å². The van der Waals surface area contributed by atoms with Gasteiger partial charge in [0.1, 0.15) is 6.79 Å². The van der Waals surface area contributed by atoms with E-state index in [0.717, 1.165) is 13.2 Å². The Kier molecular flexibility index (Phi) is 20.5. The molecule has 0 aromatic rings. The molecule has 1 aliphatic heterocycles. The van der Waals surface area contributed by atoms with Crippen LogP contribution in [-0.2, 0) is 9.47 Å². The van der Waals surface area contributed by atoms with Crippen LogP contribution < -0.4 is 37.7 Å². The van der Waals surface area contributed by atoms with Gasteiger partial charge in [0.25, 0.3) is 0 Å². The van der Waals surface area contributed by atoms with Gasteiger partial charge in [-0.15, -0.1) is 0 Å². The maximum absolute atomic E-state index is 8.25. The van der Waals surface area contributed by atoms with Crippen molar-refractivity contribution < 1.29 is 53.7 Å². The van der Waals surface area contributed by atoms with Crippen molar-refractivity contribution in [1.82, 2.24) is 0 Å². The molecule has 56 valence electrons. The van der Waals surface area contributed by atoms with Crippen LogP contribution in [0.25, 0.3) is 0 Å². The topological polar surface area (TPSA) is 84.7 Å². The first-order valence-corrected chi connectivity index (χ1v) is 2.20. The Morgan fingerprint density at radius 1 is 1.18 bits per heavy atom. The summed E-state index contributed by atoms with van der Waals surface area (Å²) in [6.45, 7) is 2.06. The van der Waals surface area contributed by atoms with Crippen molar-refractivity contribution in [1.29, 1.82) is 0 Å². The fourth-order valence-electron chi connectivity index (χ4n) is 0.295. The normalized spacial score (nSPS) is 13.1. The van der Waals surface area contributed by atoms with Crippen LogP contribution in [0.3, 0.4) is 0 Å². The summed E-state index contributed by atoms with van der Waals surface area (Å²) in [4.78, 5) is 8.25. The third kappa shape index (κ3) is 25.2. The summed E-state index contributed by atoms with van der Waals surface area (Å²) in [5.41, 5.74) is 0. The van der Waals surface area contributed by atoms with Crippen molar-refractivity contribution in [3.8, 4) is 0 Å². The maximum atomic E-state index is 8.25. The summed E-state index contributed by atoms with van der Waals surface area (Å²) < 4.78 is 9.44. The van der Waals surface area contributed by atoms with Crippen molar-refractivity contribution in [2.24, 2.45) is 0 Å². The van der Waals surface area contributed by atoms with E-state index in [0.29, 0.717) is 6.79 Å². The van der Waals surface area contributed by atoms with Crippen LogP contribution in [0.2, 0.25) is 0 Å². The molecule has 1 fully saturated rings. The van der Waals surface area contributed by atoms with Crippen molar-refractivity contribution in [3.63, 3.8) is 0 Å². The molecule has 0 aromatic carbocycles. The van der Waals surface area contributed by atoms with Gasteiger partial charge >= 0.3 is 37.7 Å². The average Bonchev–Trinajstić information content (AvgIpc) is 2.11. The van der Waals surface area contributed by atoms with Gasteiger partial charge in [0.15, 0.2) is 0 Å². The quantitative estimate of drug-likeness (QED) is 0.195. The fraction of sp³-hybridized carbons (Fsp3) is 1.00. The molecule has 0 radical (unpaired) electrons. The molecule has 6 nitrogen and oxygen atoms in total. The molecule has 1 rings (SSSR count). The summed E-state index contributed by atoms with van der Waals surface area (Å²) in [6, 6.07) is 0. The zero-order valence-corrected chi connectivity index (χ0v) is 6.61. The van der Waals surface area contributed by atoms with Gasteiger partial charge in [-0.2, -0.15) is 0 Å². The van der Waals surface area contributed by atoms with Gasteiger partial charge in [-0.25, -0.2) is 0 Å². The van der Waals surface area contributed by atoms with E-state index in [9.17, 15) is 0 Å². The molecule has 0 aliphatic carbocycles. The number of hydrogen-bond acceptors (Lipinski definition) is 5. The predicted molar refractivity (Wildman–Crippen MR) is 28.2 cm³/mol. The van der Waals surface area contributed by atoms with Crippen LogP contribution in [0, 0.1) is 15.3 Å². The third-order valence-electron chi connectivity index (χ3n) is 0.539. The molecular weight excluding hydrogens is 144 g/mol. The van der Waals surface area contributed by atoms with Gasteiger partial charge in [-0.3, -0.25) is 0 Å². The standard InChI is InChI=1S/C3H6O2.2Li.NO3.H/c1-2-5-3-4-1;;;2-1(3)4;/h1-3H2;;;;/q;2*+1;2*-1. The van der Waals surface area contributed by atoms with Gasteiger partial charge < -0.3 is 26.2 Å². The average molecular weight is 151 g/mol. The molecule has 8 heteroatoms. The molecule has 0 unspecified atom stereocenters. The van der Waals surface area contributed by atoms with Gasteiger partial charge in [0.05, 0.1) is 18.3 Å². The zero-order valence-electron chi connectivity index (χ0n) is 7.61. The summed E-state index contributed by atoms with van der Waals surface area (Å²) >= 11 is 0. The van der Waals surface area contributed by atoms with E-state index >= 15 is 0 Å². The van der Waals surface area contributed by atoms with Crippen LogP contribution >= 0.6 is 0 Å². The van der Waals surface area contributed by atoms with Crippen LogP contribution in [0.15, 0.2) is 0 Å². The number of hydrogen-bond donors (Lipinski definition) is 0. The Morgan fingerprint density at radius 2 is 1.45 bits per heavy atom. The maximum Gasteiger partial charge on any atom is 1.00 e. The van der Waals surface area contributed by atoms with E-state index in [1.165, 1.54) is 0 Å². The van der Waals surface area contributed by atoms with Crippen molar-refractivity contribution in [2.75, 3.05) is 20.0 Å². The van der Waals surface area contributed by atoms with E-state index in [-0.39, 0.29) is 39.1 Å². The molecule has 0 atom stereocenters. The molecule has 0 bridgehead atoms. The van der Waals surface area contributed by atoms with E-state index in [1.54, 1.807) is 0 Å². The summed E-state index contributed by atoms with van der Waals surface area (Å²) in [5, 5.41) is 14.8. The van der Waals surface area contributed by atoms with E-state index in [4.69, 9.17) is 24.8 Å². The fourth-order valence-corrected chi connectivity index (χ4v) is 0.295. The minimum Gasteiger partial charge on any atom is -1.00 e. The summed E-state index contributed by atoms with van der Waals surface area (Å²) in [6.07, 6.45) is 0. The molecule has 1 heterocycles. The Morgan fingerprint density at radius 3 is 1.55 bits per heavy atom. The van der Waals surface area contributed by atoms with Crippen LogP contribution in [0.1, 0.15) is 1.43 Å². The van der Waals surface area contributed by atoms with E-state index in [1.807, 2.05) is 0 Å². The Hall–Kier alpha value is 0.315. The minimum absolute atomic E-state index is 0. The second-order valence-corrected chi connectivity index (χ2v) is 1.16. The molecule has 0 spiro atoms. The molecule has 0 aromatic heterocycles. The van der Waals surface area contributed by atoms with Crippen LogP contribution in [-0.4, -0.2) is 25.1 Å². The van der Waals surface area contributed by atoms with Gasteiger partial charge in [-0.1, -0.05) is 0 Å². The second kappa shape index (κ2) is 12.9. The summed E-state index contributed by atoms with van der Waals surface area (Å²) in [7, 11) is 0. The number of nitrogens with zero attached hydrogens (tertiary/aromatic N) is 1. The Balaban J connectivity index is -0.0000000436. The van der Waals surface area contributed by atoms with Crippen molar-refractivity contribution in [2.45, 2.75) is 0 Å². The predicted octanol–water partition coefficient (Wildman–Crippen LogP) is -6.13. The van der Waals surface area contributed by atoms with Crippen molar-refractivity contribution in [3.05, 3.63) is 15.3 Å². The van der Waals surface area contributed by atoms with E-state index < -0.39 is 5.09 Å². The Bertz CT molecular complexity index is 81.2. The number of rotatable bonds is 0. The molecule has 1 aliphatic rings. The molecule has 11 heavy (non-hydrogen) atoms. The first kappa shape index (κ1) is 17.4. The zero-order chi connectivity index (χ0) is 7.11. The SMILES string of the molecule is C1COCO1.O=[N+]([O-])[O-].[H-].[Li+].[Li+]. The summed E-state index contributed by atoms with van der Waals surface area (Å²) in [5.74, 6) is 0. The van der Waals surface area contributed by atoms with Crippen LogP contribution in [0.4, 0.5) is 0 Å². The van der Waals surface area contributed by atoms with Gasteiger partial charge in [-0.05, 0) is 0 Å². The van der Waals surface area contributed by atoms with Gasteiger partial charge in [0, 0.05) is 0 Å². The van der Waals surface area contributed by atoms with Crippen LogP contribution in [0.5, 0.6) is 0 Å². The first-order valence-electron chi connectivity index (χ1n) is 2.20. The van der Waals surface area contributed by atoms with Gasteiger partial charge in [0.2, 0.25) is 0 Å².